The summed E-state index contributed by atoms with van der Waals surface area (Å²) in [5.41, 5.74) is -0.0639. The molecule has 1 aliphatic rings. The van der Waals surface area contributed by atoms with Gasteiger partial charge >= 0.3 is 17.9 Å². The molecule has 1 amide bonds. The number of benzene rings is 3. The van der Waals surface area contributed by atoms with Gasteiger partial charge in [0.15, 0.2) is 19.3 Å². The summed E-state index contributed by atoms with van der Waals surface area (Å²) in [6, 6.07) is 21.6. The van der Waals surface area contributed by atoms with Crippen LogP contribution in [0.1, 0.15) is 31.1 Å². The van der Waals surface area contributed by atoms with Crippen molar-refractivity contribution in [1.29, 1.82) is 0 Å². The number of amides is 1. The van der Waals surface area contributed by atoms with Gasteiger partial charge in [-0.15, -0.1) is 10.1 Å². The molecule has 0 aromatic heterocycles. The Labute approximate surface area is 263 Å². The first-order valence-corrected chi connectivity index (χ1v) is 15.7. The Hall–Kier alpha value is -5.07. The molecule has 0 radical (unpaired) electrons. The number of hydrogen-bond donors (Lipinski definition) is 1. The van der Waals surface area contributed by atoms with E-state index in [0.29, 0.717) is 10.6 Å². The molecule has 0 aliphatic carbocycles. The zero-order valence-corrected chi connectivity index (χ0v) is 25.9. The fourth-order valence-electron chi connectivity index (χ4n) is 5.10. The third kappa shape index (κ3) is 7.76. The SMILES string of the molecule is CC(=O)OCC1OC(O[N+](=O)[O-])C(NC(=O)c2ccccc2P(=O)(c2ccccc2)c2ccccc2)[C@@H](OC(C)=O)[C@H]1OC(C)=O. The number of nitrogens with one attached hydrogen (secondary N) is 1. The topological polar surface area (TPSA) is 187 Å². The maximum absolute atomic E-state index is 15.1. The van der Waals surface area contributed by atoms with Crippen molar-refractivity contribution in [3.05, 3.63) is 101 Å². The fraction of sp³-hybridized carbons (Fsp3) is 0.290. The van der Waals surface area contributed by atoms with E-state index in [1.807, 2.05) is 0 Å². The molecule has 1 heterocycles. The van der Waals surface area contributed by atoms with Gasteiger partial charge in [-0.05, 0) is 6.07 Å². The lowest BCUT2D eigenvalue weighted by molar-refractivity contribution is -0.783. The summed E-state index contributed by atoms with van der Waals surface area (Å²) in [6.07, 6.45) is -6.46. The van der Waals surface area contributed by atoms with Gasteiger partial charge < -0.3 is 28.8 Å². The Balaban J connectivity index is 1.81. The van der Waals surface area contributed by atoms with E-state index in [-0.39, 0.29) is 10.9 Å². The summed E-state index contributed by atoms with van der Waals surface area (Å²) in [6.45, 7) is 2.63. The van der Waals surface area contributed by atoms with Crippen molar-refractivity contribution >= 4 is 46.9 Å². The minimum absolute atomic E-state index is 0.0639. The molecular formula is C31H31N2O12P. The van der Waals surface area contributed by atoms with Crippen LogP contribution < -0.4 is 21.2 Å². The van der Waals surface area contributed by atoms with Crippen LogP contribution in [0.4, 0.5) is 0 Å². The van der Waals surface area contributed by atoms with Gasteiger partial charge in [-0.2, -0.15) is 0 Å². The molecule has 0 bridgehead atoms. The Morgan fingerprint density at radius 1 is 0.804 bits per heavy atom. The van der Waals surface area contributed by atoms with Crippen molar-refractivity contribution in [2.75, 3.05) is 6.61 Å². The van der Waals surface area contributed by atoms with Crippen molar-refractivity contribution in [2.45, 2.75) is 51.4 Å². The molecule has 14 nitrogen and oxygen atoms in total. The number of nitrogens with zero attached hydrogens (tertiary/aromatic N) is 1. The summed E-state index contributed by atoms with van der Waals surface area (Å²) < 4.78 is 36.6. The second-order valence-corrected chi connectivity index (χ2v) is 12.9. The molecule has 15 heteroatoms. The van der Waals surface area contributed by atoms with E-state index in [1.165, 1.54) is 6.07 Å². The number of esters is 3. The highest BCUT2D eigenvalue weighted by atomic mass is 31.2. The second kappa shape index (κ2) is 14.8. The highest BCUT2D eigenvalue weighted by Gasteiger charge is 2.52. The van der Waals surface area contributed by atoms with Crippen molar-refractivity contribution in [3.8, 4) is 0 Å². The number of hydrogen-bond acceptors (Lipinski definition) is 12. The molecule has 0 saturated carbocycles. The summed E-state index contributed by atoms with van der Waals surface area (Å²) in [7, 11) is -3.69. The number of rotatable bonds is 11. The van der Waals surface area contributed by atoms with Gasteiger partial charge in [0.05, 0.1) is 5.56 Å². The number of ether oxygens (including phenoxy) is 4. The van der Waals surface area contributed by atoms with E-state index in [2.05, 4.69) is 5.32 Å². The van der Waals surface area contributed by atoms with E-state index in [1.54, 1.807) is 78.9 Å². The van der Waals surface area contributed by atoms with Crippen LogP contribution in [-0.2, 0) is 42.7 Å². The fourth-order valence-corrected chi connectivity index (χ4v) is 7.95. The quantitative estimate of drug-likeness (QED) is 0.104. The van der Waals surface area contributed by atoms with Gasteiger partial charge in [0, 0.05) is 36.7 Å². The standard InChI is InChI=1S/C31H31N2O12P/c1-19(34)41-18-25-28(42-20(2)35)29(43-21(3)36)27(31(44-25)45-33(38)39)32-30(37)24-16-10-11-17-26(24)46(40,22-12-6-4-7-13-22)23-14-8-5-9-15-23/h4-17,25,27-29,31H,18H2,1-3H3,(H,32,37)/t25?,27?,28-,29+,31?/m0/s1. The predicted octanol–water partition coefficient (Wildman–Crippen LogP) is 1.78. The van der Waals surface area contributed by atoms with Gasteiger partial charge in [-0.1, -0.05) is 78.9 Å². The van der Waals surface area contributed by atoms with Crippen LogP contribution >= 0.6 is 7.14 Å². The number of carbonyl (C=O) groups is 4. The van der Waals surface area contributed by atoms with Gasteiger partial charge in [0.2, 0.25) is 6.29 Å². The summed E-state index contributed by atoms with van der Waals surface area (Å²) in [4.78, 5) is 66.2. The Bertz CT molecular complexity index is 1590. The summed E-state index contributed by atoms with van der Waals surface area (Å²) in [5.74, 6) is -3.37. The second-order valence-electron chi connectivity index (χ2n) is 10.1. The van der Waals surface area contributed by atoms with Gasteiger partial charge in [0.1, 0.15) is 18.8 Å². The van der Waals surface area contributed by atoms with Gasteiger partial charge in [-0.25, -0.2) is 0 Å². The van der Waals surface area contributed by atoms with Crippen molar-refractivity contribution in [3.63, 3.8) is 0 Å². The van der Waals surface area contributed by atoms with E-state index in [0.717, 1.165) is 20.8 Å². The highest BCUT2D eigenvalue weighted by molar-refractivity contribution is 7.85. The molecule has 1 saturated heterocycles. The third-order valence-electron chi connectivity index (χ3n) is 6.92. The van der Waals surface area contributed by atoms with Gasteiger partial charge in [0.25, 0.3) is 11.0 Å². The average molecular weight is 655 g/mol. The van der Waals surface area contributed by atoms with Crippen molar-refractivity contribution in [2.24, 2.45) is 0 Å². The molecule has 1 fully saturated rings. The molecule has 0 spiro atoms. The van der Waals surface area contributed by atoms with Crippen LogP contribution in [0.5, 0.6) is 0 Å². The van der Waals surface area contributed by atoms with Crippen LogP contribution in [0.3, 0.4) is 0 Å². The van der Waals surface area contributed by atoms with Crippen molar-refractivity contribution in [1.82, 2.24) is 5.32 Å². The smallest absolute Gasteiger partial charge is 0.303 e. The lowest BCUT2D eigenvalue weighted by Gasteiger charge is -2.44. The molecule has 3 unspecified atom stereocenters. The van der Waals surface area contributed by atoms with Crippen LogP contribution in [0.25, 0.3) is 0 Å². The summed E-state index contributed by atoms with van der Waals surface area (Å²) >= 11 is 0. The van der Waals surface area contributed by atoms with Crippen LogP contribution in [0.15, 0.2) is 84.9 Å². The predicted molar refractivity (Wildman–Crippen MR) is 162 cm³/mol. The van der Waals surface area contributed by atoms with Crippen molar-refractivity contribution < 1.29 is 52.6 Å². The maximum atomic E-state index is 15.1. The maximum Gasteiger partial charge on any atom is 0.303 e. The minimum atomic E-state index is -3.69. The normalized spacial score (nSPS) is 20.9. The first kappa shape index (κ1) is 33.8. The molecule has 1 aliphatic heterocycles. The first-order valence-electron chi connectivity index (χ1n) is 14.0. The molecular weight excluding hydrogens is 623 g/mol. The largest absolute Gasteiger partial charge is 0.463 e. The zero-order valence-electron chi connectivity index (χ0n) is 25.0. The Morgan fingerprint density at radius 2 is 1.33 bits per heavy atom. The van der Waals surface area contributed by atoms with E-state index in [4.69, 9.17) is 23.8 Å². The summed E-state index contributed by atoms with van der Waals surface area (Å²) in [5, 5.41) is 13.9. The minimum Gasteiger partial charge on any atom is -0.463 e. The lowest BCUT2D eigenvalue weighted by atomic mass is 9.95. The molecule has 1 N–H and O–H groups in total. The molecule has 3 aromatic carbocycles. The van der Waals surface area contributed by atoms with Gasteiger partial charge in [-0.3, -0.25) is 24.0 Å². The number of carbonyl (C=O) groups excluding carboxylic acids is 4. The van der Waals surface area contributed by atoms with E-state index >= 15 is 4.57 Å². The molecule has 4 rings (SSSR count). The highest BCUT2D eigenvalue weighted by Crippen LogP contribution is 2.43. The Morgan fingerprint density at radius 3 is 1.85 bits per heavy atom. The van der Waals surface area contributed by atoms with Crippen LogP contribution in [0.2, 0.25) is 0 Å². The Kier molecular flexibility index (Phi) is 10.9. The lowest BCUT2D eigenvalue weighted by Crippen LogP contribution is -2.67. The molecule has 46 heavy (non-hydrogen) atoms. The van der Waals surface area contributed by atoms with E-state index < -0.39 is 73.3 Å². The van der Waals surface area contributed by atoms with Crippen LogP contribution in [-0.4, -0.2) is 66.2 Å². The first-order chi connectivity index (χ1) is 21.9. The van der Waals surface area contributed by atoms with E-state index in [9.17, 15) is 29.3 Å². The monoisotopic (exact) mass is 654 g/mol. The third-order valence-corrected chi connectivity index (χ3v) is 10.0. The van der Waals surface area contributed by atoms with Crippen LogP contribution in [0, 0.1) is 10.1 Å². The zero-order chi connectivity index (χ0) is 33.4. The average Bonchev–Trinajstić information content (AvgIpc) is 3.02. The molecule has 242 valence electrons. The molecule has 3 aromatic rings. The molecule has 5 atom stereocenters.